The zero-order chi connectivity index (χ0) is 24.9. The summed E-state index contributed by atoms with van der Waals surface area (Å²) in [6.45, 7) is 10.4. The van der Waals surface area contributed by atoms with Crippen LogP contribution in [-0.2, 0) is 10.2 Å². The van der Waals surface area contributed by atoms with Crippen LogP contribution in [0.3, 0.4) is 0 Å². The predicted octanol–water partition coefficient (Wildman–Crippen LogP) is 6.01. The van der Waals surface area contributed by atoms with Crippen molar-refractivity contribution in [3.8, 4) is 5.69 Å². The molecule has 3 aromatic rings. The number of carbonyl (C=O) groups excluding carboxylic acids is 2. The molecule has 0 fully saturated rings. The Morgan fingerprint density at radius 2 is 1.79 bits per heavy atom. The lowest BCUT2D eigenvalue weighted by atomic mass is 9.92. The number of nitrogens with zero attached hydrogens (tertiary/aromatic N) is 3. The maximum absolute atomic E-state index is 13.0. The highest BCUT2D eigenvalue weighted by atomic mass is 35.5. The van der Waals surface area contributed by atoms with Gasteiger partial charge in [0.05, 0.1) is 16.4 Å². The number of nitrogens with one attached hydrogen (secondary N) is 2. The van der Waals surface area contributed by atoms with Gasteiger partial charge in [-0.05, 0) is 43.2 Å². The number of halogens is 1. The Kier molecular flexibility index (Phi) is 7.99. The van der Waals surface area contributed by atoms with Crippen molar-refractivity contribution in [2.45, 2.75) is 46.5 Å². The molecule has 0 bridgehead atoms. The minimum Gasteiger partial charge on any atom is -0.315 e. The number of aryl methyl sites for hydroxylation is 1. The second kappa shape index (κ2) is 10.7. The highest BCUT2D eigenvalue weighted by Gasteiger charge is 2.23. The molecule has 0 radical (unpaired) electrons. The Hall–Kier alpha value is -3.32. The van der Waals surface area contributed by atoms with Crippen LogP contribution in [0.25, 0.3) is 5.69 Å². The molecule has 0 unspecified atom stereocenters. The van der Waals surface area contributed by atoms with Crippen molar-refractivity contribution in [1.82, 2.24) is 14.7 Å². The number of para-hydroxylation sites is 1. The van der Waals surface area contributed by atoms with Crippen LogP contribution in [0.15, 0.2) is 54.6 Å². The van der Waals surface area contributed by atoms with E-state index in [9.17, 15) is 9.59 Å². The normalized spacial score (nSPS) is 11.2. The molecule has 2 aromatic carbocycles. The largest absolute Gasteiger partial charge is 0.322 e. The lowest BCUT2D eigenvalue weighted by Crippen LogP contribution is -2.41. The summed E-state index contributed by atoms with van der Waals surface area (Å²) in [6, 6.07) is 16.4. The predicted molar refractivity (Wildman–Crippen MR) is 138 cm³/mol. The number of aromatic nitrogens is 2. The third-order valence-corrected chi connectivity index (χ3v) is 5.53. The topological polar surface area (TPSA) is 79.3 Å². The molecular weight excluding hydrogens is 450 g/mol. The lowest BCUT2D eigenvalue weighted by Gasteiger charge is -2.22. The maximum atomic E-state index is 13.0. The van der Waals surface area contributed by atoms with Gasteiger partial charge in [0.2, 0.25) is 5.91 Å². The zero-order valence-electron chi connectivity index (χ0n) is 20.4. The molecule has 0 saturated carbocycles. The summed E-state index contributed by atoms with van der Waals surface area (Å²) in [7, 11) is 0. The molecule has 180 valence electrons. The van der Waals surface area contributed by atoms with Gasteiger partial charge < -0.3 is 15.5 Å². The van der Waals surface area contributed by atoms with E-state index in [1.807, 2.05) is 62.4 Å². The van der Waals surface area contributed by atoms with Crippen LogP contribution >= 0.6 is 11.6 Å². The van der Waals surface area contributed by atoms with Crippen LogP contribution < -0.4 is 10.6 Å². The van der Waals surface area contributed by atoms with E-state index in [1.165, 1.54) is 4.90 Å². The summed E-state index contributed by atoms with van der Waals surface area (Å²) < 4.78 is 1.64. The number of hydrogen-bond acceptors (Lipinski definition) is 3. The van der Waals surface area contributed by atoms with E-state index in [-0.39, 0.29) is 23.9 Å². The standard InChI is InChI=1S/C26H32ClN5O2/c1-6-14-31(25(34)28-19-11-9-10-18(2)15-19)17-24(33)29-23-16-22(26(3,4)5)30-32(23)21-13-8-7-12-20(21)27/h7-13,15-16H,6,14,17H2,1-5H3,(H,28,34)(H,29,33). The molecule has 7 nitrogen and oxygen atoms in total. The van der Waals surface area contributed by atoms with Gasteiger partial charge in [0, 0.05) is 23.7 Å². The van der Waals surface area contributed by atoms with Gasteiger partial charge >= 0.3 is 6.03 Å². The van der Waals surface area contributed by atoms with Gasteiger partial charge in [0.25, 0.3) is 0 Å². The summed E-state index contributed by atoms with van der Waals surface area (Å²) in [5.74, 6) is 0.181. The molecule has 3 amide bonds. The van der Waals surface area contributed by atoms with Crippen molar-refractivity contribution in [2.24, 2.45) is 0 Å². The van der Waals surface area contributed by atoms with E-state index in [2.05, 4.69) is 31.4 Å². The van der Waals surface area contributed by atoms with Gasteiger partial charge in [-0.2, -0.15) is 5.10 Å². The van der Waals surface area contributed by atoms with Crippen LogP contribution in [0.1, 0.15) is 45.4 Å². The van der Waals surface area contributed by atoms with Crippen LogP contribution in [0.2, 0.25) is 5.02 Å². The Labute approximate surface area is 206 Å². The van der Waals surface area contributed by atoms with Crippen molar-refractivity contribution >= 4 is 35.0 Å². The molecule has 34 heavy (non-hydrogen) atoms. The van der Waals surface area contributed by atoms with Gasteiger partial charge in [-0.1, -0.05) is 63.6 Å². The number of rotatable bonds is 7. The highest BCUT2D eigenvalue weighted by Crippen LogP contribution is 2.29. The van der Waals surface area contributed by atoms with Gasteiger partial charge in [0.1, 0.15) is 12.4 Å². The molecule has 0 aliphatic rings. The first-order chi connectivity index (χ1) is 16.1. The molecule has 0 saturated heterocycles. The summed E-state index contributed by atoms with van der Waals surface area (Å²) in [5, 5.41) is 11.0. The van der Waals surface area contributed by atoms with Crippen molar-refractivity contribution in [2.75, 3.05) is 23.7 Å². The Bertz CT molecular complexity index is 1170. The molecular formula is C26H32ClN5O2. The Morgan fingerprint density at radius 3 is 2.44 bits per heavy atom. The van der Waals surface area contributed by atoms with Gasteiger partial charge in [-0.25, -0.2) is 9.48 Å². The average Bonchev–Trinajstić information content (AvgIpc) is 3.17. The zero-order valence-corrected chi connectivity index (χ0v) is 21.1. The summed E-state index contributed by atoms with van der Waals surface area (Å²) in [4.78, 5) is 27.4. The van der Waals surface area contributed by atoms with Gasteiger partial charge in [-0.15, -0.1) is 0 Å². The van der Waals surface area contributed by atoms with Crippen LogP contribution in [0, 0.1) is 6.92 Å². The minimum atomic E-state index is -0.322. The number of hydrogen-bond donors (Lipinski definition) is 2. The summed E-state index contributed by atoms with van der Waals surface area (Å²) in [6.07, 6.45) is 0.722. The Balaban J connectivity index is 1.81. The van der Waals surface area contributed by atoms with E-state index in [0.29, 0.717) is 28.8 Å². The molecule has 0 spiro atoms. The van der Waals surface area contributed by atoms with Gasteiger partial charge in [-0.3, -0.25) is 4.79 Å². The summed E-state index contributed by atoms with van der Waals surface area (Å²) in [5.41, 5.74) is 2.98. The quantitative estimate of drug-likeness (QED) is 0.433. The second-order valence-electron chi connectivity index (χ2n) is 9.30. The fourth-order valence-electron chi connectivity index (χ4n) is 3.45. The average molecular weight is 482 g/mol. The lowest BCUT2D eigenvalue weighted by molar-refractivity contribution is -0.116. The third kappa shape index (κ3) is 6.38. The summed E-state index contributed by atoms with van der Waals surface area (Å²) >= 11 is 6.41. The molecule has 1 heterocycles. The molecule has 2 N–H and O–H groups in total. The maximum Gasteiger partial charge on any atom is 0.322 e. The van der Waals surface area contributed by atoms with Crippen molar-refractivity contribution in [3.05, 3.63) is 70.9 Å². The number of urea groups is 1. The highest BCUT2D eigenvalue weighted by molar-refractivity contribution is 6.32. The number of amides is 3. The molecule has 0 aliphatic carbocycles. The van der Waals surface area contributed by atoms with Crippen molar-refractivity contribution < 1.29 is 9.59 Å². The number of carbonyl (C=O) groups is 2. The molecule has 1 aromatic heterocycles. The van der Waals surface area contributed by atoms with E-state index in [4.69, 9.17) is 16.7 Å². The smallest absolute Gasteiger partial charge is 0.315 e. The van der Waals surface area contributed by atoms with Crippen LogP contribution in [0.4, 0.5) is 16.3 Å². The molecule has 8 heteroatoms. The van der Waals surface area contributed by atoms with Crippen molar-refractivity contribution in [3.63, 3.8) is 0 Å². The first-order valence-corrected chi connectivity index (χ1v) is 11.7. The molecule has 3 rings (SSSR count). The molecule has 0 aliphatic heterocycles. The van der Waals surface area contributed by atoms with E-state index in [1.54, 1.807) is 10.7 Å². The van der Waals surface area contributed by atoms with Crippen LogP contribution in [0.5, 0.6) is 0 Å². The second-order valence-corrected chi connectivity index (χ2v) is 9.70. The third-order valence-electron chi connectivity index (χ3n) is 5.21. The fraction of sp³-hybridized carbons (Fsp3) is 0.346. The number of anilines is 2. The molecule has 0 atom stereocenters. The fourth-order valence-corrected chi connectivity index (χ4v) is 3.66. The van der Waals surface area contributed by atoms with Crippen molar-refractivity contribution in [1.29, 1.82) is 0 Å². The minimum absolute atomic E-state index is 0.0932. The van der Waals surface area contributed by atoms with Gasteiger partial charge in [0.15, 0.2) is 0 Å². The van der Waals surface area contributed by atoms with Crippen LogP contribution in [-0.4, -0.2) is 39.7 Å². The van der Waals surface area contributed by atoms with E-state index < -0.39 is 0 Å². The monoisotopic (exact) mass is 481 g/mol. The first-order valence-electron chi connectivity index (χ1n) is 11.4. The number of benzene rings is 2. The first kappa shape index (κ1) is 25.3. The SMILES string of the molecule is CCCN(CC(=O)Nc1cc(C(C)(C)C)nn1-c1ccccc1Cl)C(=O)Nc1cccc(C)c1. The van der Waals surface area contributed by atoms with E-state index >= 15 is 0 Å². The Morgan fingerprint density at radius 1 is 1.06 bits per heavy atom. The van der Waals surface area contributed by atoms with E-state index in [0.717, 1.165) is 17.7 Å².